The molecule has 0 radical (unpaired) electrons. The van der Waals surface area contributed by atoms with Gasteiger partial charge >= 0.3 is 6.09 Å². The maximum Gasteiger partial charge on any atom is 0.402 e. The summed E-state index contributed by atoms with van der Waals surface area (Å²) < 4.78 is 0. The van der Waals surface area contributed by atoms with Gasteiger partial charge in [-0.3, -0.25) is 9.59 Å². The standard InChI is InChI=1S/C9H12O2Si.CH3NO2/c1-2-9(12)7-5-6(10)3-4-8(7)11;2-1(3)4/h3-5,9H,2H2,1,12H3;2H2,(H,3,4). The highest BCUT2D eigenvalue weighted by Crippen LogP contribution is 2.21. The largest absolute Gasteiger partial charge is 0.465 e. The number of hydrogen-bond donors (Lipinski definition) is 2. The number of carbonyl (C=O) groups excluding carboxylic acids is 2. The summed E-state index contributed by atoms with van der Waals surface area (Å²) in [7, 11) is 0.935. The molecule has 0 aromatic rings. The molecule has 0 bridgehead atoms. The quantitative estimate of drug-likeness (QED) is 0.517. The maximum absolute atomic E-state index is 11.3. The van der Waals surface area contributed by atoms with Crippen molar-refractivity contribution < 1.29 is 19.5 Å². The van der Waals surface area contributed by atoms with Crippen molar-refractivity contribution in [2.45, 2.75) is 18.9 Å². The molecule has 0 aromatic carbocycles. The van der Waals surface area contributed by atoms with Crippen LogP contribution in [0.1, 0.15) is 13.3 Å². The van der Waals surface area contributed by atoms with Crippen molar-refractivity contribution in [3.63, 3.8) is 0 Å². The van der Waals surface area contributed by atoms with Crippen LogP contribution in [0.15, 0.2) is 23.8 Å². The molecule has 5 nitrogen and oxygen atoms in total. The summed E-state index contributed by atoms with van der Waals surface area (Å²) in [6.07, 6.45) is 3.79. The lowest BCUT2D eigenvalue weighted by atomic mass is 9.99. The minimum absolute atomic E-state index is 0.0106. The summed E-state index contributed by atoms with van der Waals surface area (Å²) >= 11 is 0. The van der Waals surface area contributed by atoms with Crippen LogP contribution in [0.2, 0.25) is 5.54 Å². The SMILES string of the molecule is CCC([SiH3])C1=CC(=O)C=CC1=O.NC(=O)O. The van der Waals surface area contributed by atoms with Gasteiger partial charge in [0.05, 0.1) is 0 Å². The topological polar surface area (TPSA) is 97.5 Å². The summed E-state index contributed by atoms with van der Waals surface area (Å²) in [6.45, 7) is 2.04. The molecule has 16 heavy (non-hydrogen) atoms. The Morgan fingerprint density at radius 2 is 2.00 bits per heavy atom. The number of rotatable bonds is 2. The number of hydrogen-bond acceptors (Lipinski definition) is 3. The molecule has 1 aliphatic rings. The van der Waals surface area contributed by atoms with Gasteiger partial charge in [0.1, 0.15) is 0 Å². The van der Waals surface area contributed by atoms with E-state index in [0.29, 0.717) is 11.1 Å². The maximum atomic E-state index is 11.3. The Morgan fingerprint density at radius 3 is 2.44 bits per heavy atom. The molecule has 1 unspecified atom stereocenters. The number of primary amides is 1. The van der Waals surface area contributed by atoms with E-state index >= 15 is 0 Å². The third-order valence-corrected chi connectivity index (χ3v) is 3.56. The van der Waals surface area contributed by atoms with Crippen molar-refractivity contribution in [3.05, 3.63) is 23.8 Å². The average molecular weight is 241 g/mol. The summed E-state index contributed by atoms with van der Waals surface area (Å²) in [6, 6.07) is 0. The number of carbonyl (C=O) groups is 3. The Bertz CT molecular complexity index is 356. The van der Waals surface area contributed by atoms with E-state index in [-0.39, 0.29) is 11.6 Å². The predicted molar refractivity (Wildman–Crippen MR) is 63.4 cm³/mol. The fourth-order valence-corrected chi connectivity index (χ4v) is 1.58. The van der Waals surface area contributed by atoms with E-state index in [9.17, 15) is 9.59 Å². The molecule has 6 heteroatoms. The lowest BCUT2D eigenvalue weighted by Gasteiger charge is -2.12. The van der Waals surface area contributed by atoms with Crippen molar-refractivity contribution in [3.8, 4) is 0 Å². The van der Waals surface area contributed by atoms with Crippen LogP contribution in [0.25, 0.3) is 0 Å². The van der Waals surface area contributed by atoms with Gasteiger partial charge in [0.2, 0.25) is 0 Å². The normalized spacial score (nSPS) is 16.2. The van der Waals surface area contributed by atoms with Gasteiger partial charge in [-0.1, -0.05) is 13.3 Å². The molecule has 0 spiro atoms. The molecule has 0 fully saturated rings. The second-order valence-electron chi connectivity index (χ2n) is 3.35. The average Bonchev–Trinajstić information content (AvgIpc) is 2.20. The zero-order chi connectivity index (χ0) is 12.7. The lowest BCUT2D eigenvalue weighted by molar-refractivity contribution is -0.114. The van der Waals surface area contributed by atoms with Crippen LogP contribution < -0.4 is 5.73 Å². The van der Waals surface area contributed by atoms with Crippen molar-refractivity contribution in [1.82, 2.24) is 0 Å². The summed E-state index contributed by atoms with van der Waals surface area (Å²) in [5.74, 6) is -0.0460. The van der Waals surface area contributed by atoms with E-state index in [2.05, 4.69) is 5.73 Å². The second kappa shape index (κ2) is 6.73. The molecule has 0 saturated heterocycles. The van der Waals surface area contributed by atoms with E-state index < -0.39 is 6.09 Å². The number of ketones is 2. The Hall–Kier alpha value is -1.69. The first-order chi connectivity index (χ1) is 7.38. The molecule has 0 aliphatic heterocycles. The van der Waals surface area contributed by atoms with Gasteiger partial charge < -0.3 is 10.8 Å². The van der Waals surface area contributed by atoms with E-state index in [4.69, 9.17) is 9.90 Å². The molecule has 0 heterocycles. The molecular formula is C10H15NO4Si. The van der Waals surface area contributed by atoms with Gasteiger partial charge in [0, 0.05) is 15.8 Å². The first-order valence-electron chi connectivity index (χ1n) is 4.84. The molecular weight excluding hydrogens is 226 g/mol. The Morgan fingerprint density at radius 1 is 1.50 bits per heavy atom. The molecule has 1 aliphatic carbocycles. The first kappa shape index (κ1) is 14.3. The Labute approximate surface area is 96.4 Å². The molecule has 0 aromatic heterocycles. The van der Waals surface area contributed by atoms with Crippen LogP contribution in [0.4, 0.5) is 4.79 Å². The van der Waals surface area contributed by atoms with Crippen LogP contribution in [0, 0.1) is 0 Å². The first-order valence-corrected chi connectivity index (χ1v) is 6.00. The molecule has 1 amide bonds. The van der Waals surface area contributed by atoms with Gasteiger partial charge in [-0.05, 0) is 23.8 Å². The highest BCUT2D eigenvalue weighted by atomic mass is 28.1. The molecule has 0 saturated carbocycles. The van der Waals surface area contributed by atoms with Gasteiger partial charge in [-0.15, -0.1) is 0 Å². The van der Waals surface area contributed by atoms with Crippen LogP contribution >= 0.6 is 0 Å². The van der Waals surface area contributed by atoms with Crippen molar-refractivity contribution in [1.29, 1.82) is 0 Å². The number of carboxylic acid groups (broad SMARTS) is 1. The van der Waals surface area contributed by atoms with Crippen LogP contribution in [-0.4, -0.2) is 33.0 Å². The van der Waals surface area contributed by atoms with E-state index in [1.807, 2.05) is 6.92 Å². The number of nitrogens with two attached hydrogens (primary N) is 1. The molecule has 1 rings (SSSR count). The summed E-state index contributed by atoms with van der Waals surface area (Å²) in [5, 5.41) is 7.19. The van der Waals surface area contributed by atoms with Gasteiger partial charge in [0.15, 0.2) is 11.6 Å². The number of amides is 1. The zero-order valence-electron chi connectivity index (χ0n) is 9.27. The smallest absolute Gasteiger partial charge is 0.402 e. The van der Waals surface area contributed by atoms with E-state index in [1.54, 1.807) is 0 Å². The van der Waals surface area contributed by atoms with Gasteiger partial charge in [-0.2, -0.15) is 0 Å². The fraction of sp³-hybridized carbons (Fsp3) is 0.300. The van der Waals surface area contributed by atoms with E-state index in [1.165, 1.54) is 18.2 Å². The monoisotopic (exact) mass is 241 g/mol. The van der Waals surface area contributed by atoms with Gasteiger partial charge in [0.25, 0.3) is 0 Å². The second-order valence-corrected chi connectivity index (χ2v) is 4.74. The lowest BCUT2D eigenvalue weighted by Crippen LogP contribution is -2.12. The van der Waals surface area contributed by atoms with Gasteiger partial charge in [-0.25, -0.2) is 4.79 Å². The third-order valence-electron chi connectivity index (χ3n) is 2.12. The highest BCUT2D eigenvalue weighted by molar-refractivity contribution is 6.25. The molecule has 88 valence electrons. The minimum Gasteiger partial charge on any atom is -0.465 e. The van der Waals surface area contributed by atoms with Crippen LogP contribution in [0.5, 0.6) is 0 Å². The van der Waals surface area contributed by atoms with Crippen molar-refractivity contribution in [2.24, 2.45) is 5.73 Å². The Balaban J connectivity index is 0.000000487. The van der Waals surface area contributed by atoms with Crippen molar-refractivity contribution >= 4 is 27.9 Å². The van der Waals surface area contributed by atoms with Crippen LogP contribution in [-0.2, 0) is 9.59 Å². The fourth-order valence-electron chi connectivity index (χ4n) is 1.13. The number of allylic oxidation sites excluding steroid dienone is 4. The third kappa shape index (κ3) is 5.25. The summed E-state index contributed by atoms with van der Waals surface area (Å²) in [4.78, 5) is 31.0. The molecule has 3 N–H and O–H groups in total. The van der Waals surface area contributed by atoms with E-state index in [0.717, 1.165) is 16.7 Å². The molecule has 1 atom stereocenters. The Kier molecular flexibility index (Phi) is 6.02. The highest BCUT2D eigenvalue weighted by Gasteiger charge is 2.17. The van der Waals surface area contributed by atoms with Crippen molar-refractivity contribution in [2.75, 3.05) is 0 Å². The summed E-state index contributed by atoms with van der Waals surface area (Å²) in [5.41, 5.74) is 5.06. The zero-order valence-corrected chi connectivity index (χ0v) is 11.3. The minimum atomic E-state index is -1.33. The predicted octanol–water partition coefficient (Wildman–Crippen LogP) is -0.192. The van der Waals surface area contributed by atoms with Crippen LogP contribution in [0.3, 0.4) is 0 Å².